The van der Waals surface area contributed by atoms with Crippen LogP contribution >= 0.6 is 15.9 Å². The van der Waals surface area contributed by atoms with E-state index in [1.54, 1.807) is 6.07 Å². The van der Waals surface area contributed by atoms with Gasteiger partial charge in [-0.15, -0.1) is 0 Å². The maximum Gasteiger partial charge on any atom is 0.344 e. The Morgan fingerprint density at radius 1 is 1.33 bits per heavy atom. The van der Waals surface area contributed by atoms with Crippen molar-refractivity contribution in [2.75, 3.05) is 0 Å². The molecule has 2 rings (SSSR count). The van der Waals surface area contributed by atoms with Crippen LogP contribution in [0.3, 0.4) is 0 Å². The third-order valence-corrected chi connectivity index (χ3v) is 4.71. The summed E-state index contributed by atoms with van der Waals surface area (Å²) >= 11 is 3.22. The topological polar surface area (TPSA) is 86.5 Å². The van der Waals surface area contributed by atoms with E-state index in [0.29, 0.717) is 4.47 Å². The minimum Gasteiger partial charge on any atom is -0.378 e. The number of carbonyl (C=O) groups is 1. The van der Waals surface area contributed by atoms with E-state index in [1.807, 2.05) is 0 Å². The smallest absolute Gasteiger partial charge is 0.344 e. The molecule has 0 saturated carbocycles. The van der Waals surface area contributed by atoms with Gasteiger partial charge in [0.2, 0.25) is 0 Å². The molecule has 0 bridgehead atoms. The summed E-state index contributed by atoms with van der Waals surface area (Å²) in [5, 5.41) is 3.59. The van der Waals surface area contributed by atoms with Gasteiger partial charge in [0, 0.05) is 4.47 Å². The van der Waals surface area contributed by atoms with Crippen LogP contribution in [0.5, 0.6) is 5.75 Å². The highest BCUT2D eigenvalue weighted by Crippen LogP contribution is 2.28. The van der Waals surface area contributed by atoms with E-state index in [-0.39, 0.29) is 33.4 Å². The fourth-order valence-electron chi connectivity index (χ4n) is 1.84. The zero-order valence-corrected chi connectivity index (χ0v) is 13.9. The van der Waals surface area contributed by atoms with Crippen molar-refractivity contribution >= 4 is 31.8 Å². The van der Waals surface area contributed by atoms with E-state index in [0.717, 1.165) is 0 Å². The summed E-state index contributed by atoms with van der Waals surface area (Å²) in [6.45, 7) is 4.31. The van der Waals surface area contributed by atoms with E-state index in [1.165, 1.54) is 32.9 Å². The normalized spacial score (nSPS) is 11.4. The van der Waals surface area contributed by atoms with Gasteiger partial charge in [0.1, 0.15) is 5.69 Å². The van der Waals surface area contributed by atoms with E-state index in [4.69, 9.17) is 8.71 Å². The molecule has 0 amide bonds. The molecular formula is C13H12BrNO5S. The van der Waals surface area contributed by atoms with Crippen molar-refractivity contribution < 1.29 is 21.9 Å². The van der Waals surface area contributed by atoms with Crippen molar-refractivity contribution in [3.8, 4) is 5.75 Å². The Balaban J connectivity index is 2.50. The molecule has 0 saturated heterocycles. The predicted molar refractivity (Wildman–Crippen MR) is 77.9 cm³/mol. The van der Waals surface area contributed by atoms with Gasteiger partial charge in [-0.2, -0.15) is 8.42 Å². The molecular weight excluding hydrogens is 362 g/mol. The van der Waals surface area contributed by atoms with Gasteiger partial charge in [-0.1, -0.05) is 21.1 Å². The highest BCUT2D eigenvalue weighted by atomic mass is 79.9. The van der Waals surface area contributed by atoms with Crippen LogP contribution in [0.25, 0.3) is 0 Å². The zero-order chi connectivity index (χ0) is 15.8. The van der Waals surface area contributed by atoms with Crippen LogP contribution in [0.1, 0.15) is 28.7 Å². The summed E-state index contributed by atoms with van der Waals surface area (Å²) in [6, 6.07) is 4.50. The lowest BCUT2D eigenvalue weighted by atomic mass is 10.1. The predicted octanol–water partition coefficient (Wildman–Crippen LogP) is 3.02. The van der Waals surface area contributed by atoms with Gasteiger partial charge >= 0.3 is 10.1 Å². The Morgan fingerprint density at radius 2 is 2.00 bits per heavy atom. The summed E-state index contributed by atoms with van der Waals surface area (Å²) in [7, 11) is -4.12. The summed E-state index contributed by atoms with van der Waals surface area (Å²) < 4.78 is 35.2. The van der Waals surface area contributed by atoms with Gasteiger partial charge in [0.15, 0.2) is 22.2 Å². The fourth-order valence-corrected chi connectivity index (χ4v) is 3.46. The molecule has 6 nitrogen and oxygen atoms in total. The van der Waals surface area contributed by atoms with E-state index < -0.39 is 10.1 Å². The monoisotopic (exact) mass is 373 g/mol. The number of hydrogen-bond acceptors (Lipinski definition) is 6. The molecule has 1 heterocycles. The van der Waals surface area contributed by atoms with Gasteiger partial charge in [-0.25, -0.2) is 0 Å². The number of nitrogens with zero attached hydrogens (tertiary/aromatic N) is 1. The highest BCUT2D eigenvalue weighted by molar-refractivity contribution is 9.10. The number of aromatic nitrogens is 1. The molecule has 8 heteroatoms. The molecule has 0 aliphatic rings. The maximum absolute atomic E-state index is 12.3. The molecule has 0 fully saturated rings. The second-order valence-corrected chi connectivity index (χ2v) is 6.79. The van der Waals surface area contributed by atoms with Crippen LogP contribution in [0.15, 0.2) is 32.1 Å². The second-order valence-electron chi connectivity index (χ2n) is 4.39. The Hall–Kier alpha value is -1.67. The van der Waals surface area contributed by atoms with Crippen molar-refractivity contribution in [3.05, 3.63) is 39.7 Å². The fraction of sp³-hybridized carbons (Fsp3) is 0.231. The lowest BCUT2D eigenvalue weighted by Crippen LogP contribution is -2.13. The number of carbonyl (C=O) groups excluding carboxylic acids is 1. The minimum absolute atomic E-state index is 0.0364. The number of rotatable bonds is 4. The summed E-state index contributed by atoms with van der Waals surface area (Å²) in [4.78, 5) is 11.5. The molecule has 1 aromatic carbocycles. The standard InChI is InChI=1S/C13H12BrNO5S/c1-7-13(9(3)19-15-7)21(17,18)20-12-5-4-10(14)6-11(12)8(2)16/h4-6H,1-3H3. The molecule has 0 unspecified atom stereocenters. The van der Waals surface area contributed by atoms with Gasteiger partial charge < -0.3 is 8.71 Å². The highest BCUT2D eigenvalue weighted by Gasteiger charge is 2.27. The Kier molecular flexibility index (Phi) is 4.20. The van der Waals surface area contributed by atoms with Crippen molar-refractivity contribution in [2.45, 2.75) is 25.7 Å². The second kappa shape index (κ2) is 5.61. The van der Waals surface area contributed by atoms with Crippen LogP contribution < -0.4 is 4.18 Å². The number of halogens is 1. The Morgan fingerprint density at radius 3 is 2.52 bits per heavy atom. The summed E-state index contributed by atoms with van der Waals surface area (Å²) in [6.07, 6.45) is 0. The van der Waals surface area contributed by atoms with Crippen molar-refractivity contribution in [1.82, 2.24) is 5.16 Å². The molecule has 112 valence electrons. The third-order valence-electron chi connectivity index (χ3n) is 2.74. The quantitative estimate of drug-likeness (QED) is 0.604. The van der Waals surface area contributed by atoms with Crippen molar-refractivity contribution in [1.29, 1.82) is 0 Å². The molecule has 0 radical (unpaired) electrons. The van der Waals surface area contributed by atoms with Crippen molar-refractivity contribution in [2.24, 2.45) is 0 Å². The largest absolute Gasteiger partial charge is 0.378 e. The number of hydrogen-bond donors (Lipinski definition) is 0. The first-order valence-electron chi connectivity index (χ1n) is 5.90. The molecule has 0 aliphatic heterocycles. The number of ketones is 1. The van der Waals surface area contributed by atoms with Gasteiger partial charge in [0.25, 0.3) is 0 Å². The minimum atomic E-state index is -4.12. The van der Waals surface area contributed by atoms with Gasteiger partial charge in [0.05, 0.1) is 5.56 Å². The van der Waals surface area contributed by atoms with Crippen LogP contribution in [0.2, 0.25) is 0 Å². The van der Waals surface area contributed by atoms with Crippen LogP contribution in [0.4, 0.5) is 0 Å². The van der Waals surface area contributed by atoms with E-state index in [9.17, 15) is 13.2 Å². The zero-order valence-electron chi connectivity index (χ0n) is 11.5. The number of benzene rings is 1. The molecule has 0 N–H and O–H groups in total. The molecule has 1 aromatic heterocycles. The van der Waals surface area contributed by atoms with Crippen LogP contribution in [0, 0.1) is 13.8 Å². The summed E-state index contributed by atoms with van der Waals surface area (Å²) in [5.41, 5.74) is 0.369. The third kappa shape index (κ3) is 3.16. The molecule has 0 aliphatic carbocycles. The average molecular weight is 374 g/mol. The van der Waals surface area contributed by atoms with Crippen molar-refractivity contribution in [3.63, 3.8) is 0 Å². The molecule has 21 heavy (non-hydrogen) atoms. The lowest BCUT2D eigenvalue weighted by molar-refractivity contribution is 0.101. The summed E-state index contributed by atoms with van der Waals surface area (Å²) in [5.74, 6) is -0.208. The Labute approximate surface area is 130 Å². The number of Topliss-reactive ketones (excluding diaryl/α,β-unsaturated/α-hetero) is 1. The maximum atomic E-state index is 12.3. The first kappa shape index (κ1) is 15.7. The molecule has 0 atom stereocenters. The van der Waals surface area contributed by atoms with E-state index in [2.05, 4.69) is 21.1 Å². The van der Waals surface area contributed by atoms with Gasteiger partial charge in [-0.3, -0.25) is 4.79 Å². The molecule has 2 aromatic rings. The van der Waals surface area contributed by atoms with Crippen LogP contribution in [-0.4, -0.2) is 19.4 Å². The SMILES string of the molecule is CC(=O)c1cc(Br)ccc1OS(=O)(=O)c1c(C)noc1C. The molecule has 0 spiro atoms. The number of aryl methyl sites for hydroxylation is 2. The van der Waals surface area contributed by atoms with Gasteiger partial charge in [-0.05, 0) is 39.0 Å². The first-order valence-corrected chi connectivity index (χ1v) is 8.10. The first-order chi connectivity index (χ1) is 9.72. The average Bonchev–Trinajstić information content (AvgIpc) is 2.71. The Bertz CT molecular complexity index is 790. The lowest BCUT2D eigenvalue weighted by Gasteiger charge is -2.10. The van der Waals surface area contributed by atoms with E-state index >= 15 is 0 Å². The van der Waals surface area contributed by atoms with Crippen LogP contribution in [-0.2, 0) is 10.1 Å².